The molecule has 1 fully saturated rings. The van der Waals surface area contributed by atoms with Crippen molar-refractivity contribution >= 4 is 0 Å². The number of hydrogen-bond acceptors (Lipinski definition) is 7. The van der Waals surface area contributed by atoms with Gasteiger partial charge in [-0.15, -0.1) is 0 Å². The topological polar surface area (TPSA) is 97.6 Å². The molecule has 2 rings (SSSR count). The number of ether oxygens (including phenoxy) is 1. The maximum atomic E-state index is 9.47. The first-order valence-electron chi connectivity index (χ1n) is 5.80. The van der Waals surface area contributed by atoms with Crippen molar-refractivity contribution in [1.82, 2.24) is 15.0 Å². The van der Waals surface area contributed by atoms with Crippen LogP contribution in [0.4, 0.5) is 0 Å². The fourth-order valence-corrected chi connectivity index (χ4v) is 1.76. The molecule has 1 aliphatic heterocycles. The van der Waals surface area contributed by atoms with E-state index in [4.69, 9.17) is 15.0 Å². The normalized spacial score (nSPS) is 23.8. The SMILES string of the molecule is CCN1CCOC(c2noc(C(O)CN)n2)C1. The van der Waals surface area contributed by atoms with Gasteiger partial charge in [0.05, 0.1) is 6.61 Å². The zero-order valence-electron chi connectivity index (χ0n) is 9.87. The van der Waals surface area contributed by atoms with Gasteiger partial charge in [-0.05, 0) is 6.54 Å². The number of hydrogen-bond donors (Lipinski definition) is 2. The zero-order chi connectivity index (χ0) is 12.3. The summed E-state index contributed by atoms with van der Waals surface area (Å²) in [5, 5.41) is 13.3. The summed E-state index contributed by atoms with van der Waals surface area (Å²) >= 11 is 0. The molecule has 1 aromatic heterocycles. The van der Waals surface area contributed by atoms with Gasteiger partial charge in [-0.2, -0.15) is 4.98 Å². The second-order valence-electron chi connectivity index (χ2n) is 3.99. The third-order valence-corrected chi connectivity index (χ3v) is 2.85. The summed E-state index contributed by atoms with van der Waals surface area (Å²) in [7, 11) is 0. The van der Waals surface area contributed by atoms with Crippen molar-refractivity contribution in [3.8, 4) is 0 Å². The Morgan fingerprint density at radius 2 is 2.47 bits per heavy atom. The molecule has 0 aromatic carbocycles. The molecule has 7 nitrogen and oxygen atoms in total. The third kappa shape index (κ3) is 2.81. The van der Waals surface area contributed by atoms with E-state index in [1.54, 1.807) is 0 Å². The molecule has 3 N–H and O–H groups in total. The molecule has 2 atom stereocenters. The van der Waals surface area contributed by atoms with Crippen LogP contribution in [0.3, 0.4) is 0 Å². The Kier molecular flexibility index (Phi) is 4.06. The average Bonchev–Trinajstić information content (AvgIpc) is 2.87. The Labute approximate surface area is 99.5 Å². The van der Waals surface area contributed by atoms with Crippen LogP contribution in [0.25, 0.3) is 0 Å². The molecule has 96 valence electrons. The first-order valence-corrected chi connectivity index (χ1v) is 5.80. The molecule has 17 heavy (non-hydrogen) atoms. The van der Waals surface area contributed by atoms with Crippen molar-refractivity contribution in [2.24, 2.45) is 5.73 Å². The summed E-state index contributed by atoms with van der Waals surface area (Å²) < 4.78 is 10.5. The molecule has 0 saturated carbocycles. The van der Waals surface area contributed by atoms with Crippen LogP contribution in [0.15, 0.2) is 4.52 Å². The summed E-state index contributed by atoms with van der Waals surface area (Å²) in [5.74, 6) is 0.630. The quantitative estimate of drug-likeness (QED) is 0.731. The lowest BCUT2D eigenvalue weighted by Crippen LogP contribution is -2.38. The van der Waals surface area contributed by atoms with Crippen LogP contribution >= 0.6 is 0 Å². The van der Waals surface area contributed by atoms with Gasteiger partial charge in [-0.25, -0.2) is 0 Å². The molecule has 0 aliphatic carbocycles. The number of nitrogens with two attached hydrogens (primary N) is 1. The summed E-state index contributed by atoms with van der Waals surface area (Å²) in [6.45, 7) is 5.45. The Balaban J connectivity index is 2.04. The fraction of sp³-hybridized carbons (Fsp3) is 0.800. The van der Waals surface area contributed by atoms with E-state index in [-0.39, 0.29) is 18.5 Å². The number of aliphatic hydroxyl groups is 1. The van der Waals surface area contributed by atoms with Gasteiger partial charge in [0.2, 0.25) is 5.82 Å². The predicted molar refractivity (Wildman–Crippen MR) is 59.1 cm³/mol. The summed E-state index contributed by atoms with van der Waals surface area (Å²) in [6.07, 6.45) is -1.09. The number of likely N-dealkylation sites (N-methyl/N-ethyl adjacent to an activating group) is 1. The van der Waals surface area contributed by atoms with Gasteiger partial charge in [0.1, 0.15) is 12.2 Å². The molecule has 0 radical (unpaired) electrons. The highest BCUT2D eigenvalue weighted by atomic mass is 16.5. The highest BCUT2D eigenvalue weighted by Crippen LogP contribution is 2.20. The number of rotatable bonds is 4. The van der Waals surface area contributed by atoms with Gasteiger partial charge >= 0.3 is 0 Å². The van der Waals surface area contributed by atoms with Crippen molar-refractivity contribution in [3.63, 3.8) is 0 Å². The van der Waals surface area contributed by atoms with Crippen LogP contribution in [0.2, 0.25) is 0 Å². The second kappa shape index (κ2) is 5.54. The lowest BCUT2D eigenvalue weighted by atomic mass is 10.2. The average molecular weight is 242 g/mol. The Bertz CT molecular complexity index is 357. The third-order valence-electron chi connectivity index (χ3n) is 2.85. The monoisotopic (exact) mass is 242 g/mol. The standard InChI is InChI=1S/C10H18N4O3/c1-2-14-3-4-16-8(6-14)9-12-10(17-13-9)7(15)5-11/h7-8,15H,2-6,11H2,1H3. The van der Waals surface area contributed by atoms with Gasteiger partial charge in [0.25, 0.3) is 5.89 Å². The predicted octanol–water partition coefficient (Wildman–Crippen LogP) is -0.545. The zero-order valence-corrected chi connectivity index (χ0v) is 9.87. The second-order valence-corrected chi connectivity index (χ2v) is 3.99. The van der Waals surface area contributed by atoms with Crippen LogP contribution in [-0.2, 0) is 4.74 Å². The van der Waals surface area contributed by atoms with Gasteiger partial charge in [-0.1, -0.05) is 12.1 Å². The first kappa shape index (κ1) is 12.4. The van der Waals surface area contributed by atoms with Crippen LogP contribution in [-0.4, -0.2) is 52.9 Å². The number of nitrogens with zero attached hydrogens (tertiary/aromatic N) is 3. The molecule has 0 amide bonds. The van der Waals surface area contributed by atoms with Crippen molar-refractivity contribution in [2.75, 3.05) is 32.8 Å². The largest absolute Gasteiger partial charge is 0.382 e. The highest BCUT2D eigenvalue weighted by Gasteiger charge is 2.26. The molecular formula is C10H18N4O3. The highest BCUT2D eigenvalue weighted by molar-refractivity contribution is 4.96. The van der Waals surface area contributed by atoms with Crippen molar-refractivity contribution < 1.29 is 14.4 Å². The van der Waals surface area contributed by atoms with E-state index in [9.17, 15) is 5.11 Å². The molecule has 2 unspecified atom stereocenters. The minimum Gasteiger partial charge on any atom is -0.382 e. The van der Waals surface area contributed by atoms with E-state index in [1.807, 2.05) is 0 Å². The minimum atomic E-state index is -0.901. The van der Waals surface area contributed by atoms with E-state index >= 15 is 0 Å². The van der Waals surface area contributed by atoms with E-state index in [2.05, 4.69) is 22.0 Å². The van der Waals surface area contributed by atoms with Gasteiger partial charge < -0.3 is 20.1 Å². The first-order chi connectivity index (χ1) is 8.24. The minimum absolute atomic E-state index is 0.0637. The summed E-state index contributed by atoms with van der Waals surface area (Å²) in [4.78, 5) is 6.37. The van der Waals surface area contributed by atoms with Crippen LogP contribution in [0, 0.1) is 0 Å². The maximum absolute atomic E-state index is 9.47. The smallest absolute Gasteiger partial charge is 0.256 e. The number of morpholine rings is 1. The van der Waals surface area contributed by atoms with Crippen LogP contribution < -0.4 is 5.73 Å². The van der Waals surface area contributed by atoms with Crippen molar-refractivity contribution in [1.29, 1.82) is 0 Å². The molecular weight excluding hydrogens is 224 g/mol. The van der Waals surface area contributed by atoms with Crippen molar-refractivity contribution in [3.05, 3.63) is 11.7 Å². The maximum Gasteiger partial charge on any atom is 0.256 e. The van der Waals surface area contributed by atoms with E-state index in [1.165, 1.54) is 0 Å². The number of aromatic nitrogens is 2. The molecule has 1 aromatic rings. The Hall–Kier alpha value is -1.02. The lowest BCUT2D eigenvalue weighted by molar-refractivity contribution is -0.0334. The van der Waals surface area contributed by atoms with Crippen LogP contribution in [0.1, 0.15) is 30.8 Å². The molecule has 0 bridgehead atoms. The molecule has 7 heteroatoms. The molecule has 0 spiro atoms. The van der Waals surface area contributed by atoms with Crippen molar-refractivity contribution in [2.45, 2.75) is 19.1 Å². The molecule has 2 heterocycles. The van der Waals surface area contributed by atoms with Gasteiger partial charge in [0, 0.05) is 19.6 Å². The lowest BCUT2D eigenvalue weighted by Gasteiger charge is -2.30. The fourth-order valence-electron chi connectivity index (χ4n) is 1.76. The van der Waals surface area contributed by atoms with Crippen LogP contribution in [0.5, 0.6) is 0 Å². The van der Waals surface area contributed by atoms with Gasteiger partial charge in [-0.3, -0.25) is 4.90 Å². The van der Waals surface area contributed by atoms with E-state index in [0.29, 0.717) is 12.4 Å². The summed E-state index contributed by atoms with van der Waals surface area (Å²) in [6, 6.07) is 0. The Morgan fingerprint density at radius 3 is 3.18 bits per heavy atom. The van der Waals surface area contributed by atoms with Gasteiger partial charge in [0.15, 0.2) is 0 Å². The molecule has 1 saturated heterocycles. The van der Waals surface area contributed by atoms with E-state index in [0.717, 1.165) is 19.6 Å². The summed E-state index contributed by atoms with van der Waals surface area (Å²) in [5.41, 5.74) is 5.32. The Morgan fingerprint density at radius 1 is 1.65 bits per heavy atom. The van der Waals surface area contributed by atoms with E-state index < -0.39 is 6.10 Å². The number of aliphatic hydroxyl groups excluding tert-OH is 1. The molecule has 1 aliphatic rings.